The Balaban J connectivity index is 1.76. The molecule has 0 heterocycles. The van der Waals surface area contributed by atoms with Crippen LogP contribution < -0.4 is 15.9 Å². The molecular weight excluding hydrogens is 423 g/mol. The third-order valence-electron chi connectivity index (χ3n) is 5.50. The fourth-order valence-electron chi connectivity index (χ4n) is 3.87. The lowest BCUT2D eigenvalue weighted by Gasteiger charge is -2.27. The van der Waals surface area contributed by atoms with E-state index in [1.54, 1.807) is 0 Å². The lowest BCUT2D eigenvalue weighted by Crippen LogP contribution is -2.33. The zero-order chi connectivity index (χ0) is 23.2. The van der Waals surface area contributed by atoms with Crippen molar-refractivity contribution in [1.29, 1.82) is 0 Å². The summed E-state index contributed by atoms with van der Waals surface area (Å²) in [6, 6.07) is 32.7. The Morgan fingerprint density at radius 1 is 0.697 bits per heavy atom. The molecule has 0 bridgehead atoms. The molecule has 0 aliphatic heterocycles. The maximum Gasteiger partial charge on any atom is 0.305 e. The minimum absolute atomic E-state index is 0.182. The van der Waals surface area contributed by atoms with Gasteiger partial charge in [-0.3, -0.25) is 4.79 Å². The predicted octanol–water partition coefficient (Wildman–Crippen LogP) is 5.11. The Morgan fingerprint density at radius 2 is 1.15 bits per heavy atom. The first kappa shape index (κ1) is 24.3. The average Bonchev–Trinajstić information content (AvgIpc) is 2.89. The molecule has 0 N–H and O–H groups in total. The summed E-state index contributed by atoms with van der Waals surface area (Å²) in [6.07, 6.45) is 4.21. The van der Waals surface area contributed by atoms with Gasteiger partial charge in [0.05, 0.1) is 19.7 Å². The van der Waals surface area contributed by atoms with Crippen LogP contribution in [0.15, 0.2) is 91.0 Å². The number of hydrogen-bond acceptors (Lipinski definition) is 2. The third-order valence-corrected chi connectivity index (χ3v) is 9.93. The summed E-state index contributed by atoms with van der Waals surface area (Å²) in [7, 11) is -0.408. The molecule has 2 nitrogen and oxygen atoms in total. The summed E-state index contributed by atoms with van der Waals surface area (Å²) in [6.45, 7) is 0. The van der Waals surface area contributed by atoms with Crippen LogP contribution >= 0.6 is 7.26 Å². The Bertz CT molecular complexity index is 1020. The van der Waals surface area contributed by atoms with E-state index in [1.807, 2.05) is 0 Å². The molecular formula is C30H30O2P+. The van der Waals surface area contributed by atoms with Crippen LogP contribution in [0.1, 0.15) is 32.1 Å². The summed E-state index contributed by atoms with van der Waals surface area (Å²) >= 11 is 0. The number of hydrogen-bond donors (Lipinski definition) is 0. The van der Waals surface area contributed by atoms with Crippen molar-refractivity contribution < 1.29 is 9.53 Å². The molecule has 0 aliphatic carbocycles. The van der Waals surface area contributed by atoms with Gasteiger partial charge in [0.25, 0.3) is 0 Å². The maximum atomic E-state index is 11.1. The lowest BCUT2D eigenvalue weighted by atomic mass is 10.2. The van der Waals surface area contributed by atoms with Crippen LogP contribution in [-0.2, 0) is 9.53 Å². The number of carbonyl (C=O) groups excluding carboxylic acids is 1. The van der Waals surface area contributed by atoms with Crippen molar-refractivity contribution in [2.75, 3.05) is 13.3 Å². The van der Waals surface area contributed by atoms with Crippen LogP contribution in [0.3, 0.4) is 0 Å². The Morgan fingerprint density at radius 3 is 1.61 bits per heavy atom. The van der Waals surface area contributed by atoms with E-state index < -0.39 is 7.26 Å². The number of rotatable bonds is 8. The zero-order valence-corrected chi connectivity index (χ0v) is 20.1. The molecule has 166 valence electrons. The summed E-state index contributed by atoms with van der Waals surface area (Å²) in [5.74, 6) is 12.6. The van der Waals surface area contributed by atoms with E-state index in [0.29, 0.717) is 19.3 Å². The highest BCUT2D eigenvalue weighted by atomic mass is 31.2. The predicted molar refractivity (Wildman–Crippen MR) is 141 cm³/mol. The Kier molecular flexibility index (Phi) is 9.79. The van der Waals surface area contributed by atoms with Gasteiger partial charge >= 0.3 is 5.97 Å². The maximum absolute atomic E-state index is 11.1. The van der Waals surface area contributed by atoms with Crippen molar-refractivity contribution in [3.05, 3.63) is 91.0 Å². The first-order chi connectivity index (χ1) is 16.3. The molecule has 3 aromatic carbocycles. The standard InChI is InChI=1S/C30H30O2P/c1-32-30(31)25-17-6-4-2-3-5-7-18-26-33(27-19-11-8-12-20-27,28-21-13-9-14-22-28)29-23-15-10-16-24-29/h8-16,19-24H,3,6,17-18,25-26H2,1H3/q+1. The van der Waals surface area contributed by atoms with E-state index in [0.717, 1.165) is 19.0 Å². The van der Waals surface area contributed by atoms with Crippen molar-refractivity contribution in [1.82, 2.24) is 0 Å². The lowest BCUT2D eigenvalue weighted by molar-refractivity contribution is -0.140. The van der Waals surface area contributed by atoms with Crippen LogP contribution in [0.2, 0.25) is 0 Å². The summed E-state index contributed by atoms with van der Waals surface area (Å²) in [5.41, 5.74) is 0. The van der Waals surface area contributed by atoms with Gasteiger partial charge in [-0.05, 0) is 42.8 Å². The molecule has 0 amide bonds. The van der Waals surface area contributed by atoms with Crippen molar-refractivity contribution in [3.63, 3.8) is 0 Å². The number of esters is 1. The van der Waals surface area contributed by atoms with Gasteiger partial charge in [0.1, 0.15) is 23.2 Å². The summed E-state index contributed by atoms with van der Waals surface area (Å²) in [5, 5.41) is 4.15. The third kappa shape index (κ3) is 6.83. The molecule has 0 saturated carbocycles. The summed E-state index contributed by atoms with van der Waals surface area (Å²) in [4.78, 5) is 11.1. The number of benzene rings is 3. The topological polar surface area (TPSA) is 26.3 Å². The molecule has 3 heteroatoms. The average molecular weight is 454 g/mol. The number of carbonyl (C=O) groups is 1. The highest BCUT2D eigenvalue weighted by Crippen LogP contribution is 2.55. The van der Waals surface area contributed by atoms with Gasteiger partial charge in [-0.25, -0.2) is 0 Å². The highest BCUT2D eigenvalue weighted by Gasteiger charge is 2.44. The Hall–Kier alpha value is -3.32. The van der Waals surface area contributed by atoms with Gasteiger partial charge < -0.3 is 4.74 Å². The monoisotopic (exact) mass is 453 g/mol. The van der Waals surface area contributed by atoms with Crippen LogP contribution in [-0.4, -0.2) is 19.2 Å². The van der Waals surface area contributed by atoms with Crippen LogP contribution in [0.4, 0.5) is 0 Å². The van der Waals surface area contributed by atoms with E-state index >= 15 is 0 Å². The largest absolute Gasteiger partial charge is 0.469 e. The molecule has 0 saturated heterocycles. The number of methoxy groups -OCH3 is 1. The fraction of sp³-hybridized carbons (Fsp3) is 0.233. The first-order valence-corrected chi connectivity index (χ1v) is 13.3. The van der Waals surface area contributed by atoms with E-state index in [2.05, 4.69) is 119 Å². The molecule has 0 spiro atoms. The van der Waals surface area contributed by atoms with Crippen LogP contribution in [0.5, 0.6) is 0 Å². The normalized spacial score (nSPS) is 10.3. The van der Waals surface area contributed by atoms with Gasteiger partial charge in [-0.15, -0.1) is 5.92 Å². The van der Waals surface area contributed by atoms with Crippen LogP contribution in [0.25, 0.3) is 0 Å². The van der Waals surface area contributed by atoms with Crippen molar-refractivity contribution in [3.8, 4) is 23.7 Å². The first-order valence-electron chi connectivity index (χ1n) is 11.3. The van der Waals surface area contributed by atoms with Gasteiger partial charge in [0.15, 0.2) is 0 Å². The second kappa shape index (κ2) is 13.3. The molecule has 0 unspecified atom stereocenters. The van der Waals surface area contributed by atoms with Gasteiger partial charge in [0.2, 0.25) is 0 Å². The van der Waals surface area contributed by atoms with Gasteiger partial charge in [-0.2, -0.15) is 0 Å². The van der Waals surface area contributed by atoms with Gasteiger partial charge in [0, 0.05) is 19.3 Å². The highest BCUT2D eigenvalue weighted by molar-refractivity contribution is 7.95. The van der Waals surface area contributed by atoms with E-state index in [4.69, 9.17) is 0 Å². The number of ether oxygens (including phenoxy) is 1. The van der Waals surface area contributed by atoms with Crippen molar-refractivity contribution in [2.24, 2.45) is 0 Å². The molecule has 0 aromatic heterocycles. The zero-order valence-electron chi connectivity index (χ0n) is 19.2. The molecule has 3 rings (SSSR count). The molecule has 0 atom stereocenters. The second-order valence-corrected chi connectivity index (χ2v) is 11.2. The minimum atomic E-state index is -1.82. The molecule has 0 radical (unpaired) electrons. The summed E-state index contributed by atoms with van der Waals surface area (Å²) < 4.78 is 4.64. The van der Waals surface area contributed by atoms with Crippen LogP contribution in [0, 0.1) is 23.7 Å². The molecule has 0 fully saturated rings. The van der Waals surface area contributed by atoms with E-state index in [-0.39, 0.29) is 5.97 Å². The smallest absolute Gasteiger partial charge is 0.305 e. The van der Waals surface area contributed by atoms with Crippen molar-refractivity contribution in [2.45, 2.75) is 32.1 Å². The van der Waals surface area contributed by atoms with Crippen molar-refractivity contribution >= 4 is 29.1 Å². The molecule has 0 aliphatic rings. The van der Waals surface area contributed by atoms with E-state index in [9.17, 15) is 4.79 Å². The Labute approximate surface area is 198 Å². The van der Waals surface area contributed by atoms with Gasteiger partial charge in [-0.1, -0.05) is 72.4 Å². The quantitative estimate of drug-likeness (QED) is 0.205. The number of unbranched alkanes of at least 4 members (excludes halogenated alkanes) is 1. The second-order valence-electron chi connectivity index (χ2n) is 7.60. The molecule has 3 aromatic rings. The minimum Gasteiger partial charge on any atom is -0.469 e. The fourth-order valence-corrected chi connectivity index (χ4v) is 8.03. The SMILES string of the molecule is COC(=O)CCCC#CCC#CCC[P+](c1ccccc1)(c1ccccc1)c1ccccc1. The van der Waals surface area contributed by atoms with E-state index in [1.165, 1.54) is 23.0 Å². The molecule has 33 heavy (non-hydrogen) atoms.